The van der Waals surface area contributed by atoms with E-state index < -0.39 is 6.09 Å². The maximum Gasteiger partial charge on any atom is 0.404 e. The third-order valence-corrected chi connectivity index (χ3v) is 7.61. The molecule has 0 unspecified atom stereocenters. The Morgan fingerprint density at radius 3 is 2.58 bits per heavy atom. The van der Waals surface area contributed by atoms with Gasteiger partial charge in [-0.3, -0.25) is 0 Å². The lowest BCUT2D eigenvalue weighted by atomic mass is 9.79. The van der Waals surface area contributed by atoms with Crippen LogP contribution in [0, 0.1) is 11.8 Å². The van der Waals surface area contributed by atoms with Crippen molar-refractivity contribution in [3.63, 3.8) is 0 Å². The summed E-state index contributed by atoms with van der Waals surface area (Å²) in [6.45, 7) is 6.95. The van der Waals surface area contributed by atoms with Crippen molar-refractivity contribution in [2.75, 3.05) is 20.2 Å². The summed E-state index contributed by atoms with van der Waals surface area (Å²) in [5.74, 6) is 1.68. The molecule has 0 bridgehead atoms. The second-order valence-corrected chi connectivity index (χ2v) is 9.71. The molecule has 2 N–H and O–H groups in total. The number of nitrogens with two attached hydrogens (primary N) is 1. The summed E-state index contributed by atoms with van der Waals surface area (Å²) >= 11 is 0. The van der Waals surface area contributed by atoms with E-state index in [1.165, 1.54) is 32.8 Å². The fourth-order valence-corrected chi connectivity index (χ4v) is 5.78. The summed E-state index contributed by atoms with van der Waals surface area (Å²) in [5.41, 5.74) is 7.89. The smallest absolute Gasteiger partial charge is 0.404 e. The van der Waals surface area contributed by atoms with Gasteiger partial charge in [-0.15, -0.1) is 0 Å². The molecule has 2 fully saturated rings. The number of hydrogen-bond donors (Lipinski definition) is 1. The summed E-state index contributed by atoms with van der Waals surface area (Å²) < 4.78 is 7.47. The number of likely N-dealkylation sites (tertiary alicyclic amines) is 1. The largest absolute Gasteiger partial charge is 0.443 e. The van der Waals surface area contributed by atoms with Gasteiger partial charge >= 0.3 is 6.09 Å². The van der Waals surface area contributed by atoms with E-state index in [0.717, 1.165) is 60.1 Å². The van der Waals surface area contributed by atoms with Crippen molar-refractivity contribution in [1.29, 1.82) is 0 Å². The van der Waals surface area contributed by atoms with Crippen molar-refractivity contribution in [3.8, 4) is 0 Å². The van der Waals surface area contributed by atoms with E-state index in [1.807, 2.05) is 12.1 Å². The highest BCUT2D eigenvalue weighted by molar-refractivity contribution is 5.99. The van der Waals surface area contributed by atoms with E-state index in [9.17, 15) is 4.79 Å². The molecule has 1 saturated carbocycles. The van der Waals surface area contributed by atoms with Crippen LogP contribution in [0.2, 0.25) is 0 Å². The molecule has 180 valence electrons. The molecule has 1 saturated heterocycles. The summed E-state index contributed by atoms with van der Waals surface area (Å²) in [4.78, 5) is 23.7. The first-order valence-corrected chi connectivity index (χ1v) is 12.2. The molecule has 2 aromatic heterocycles. The molecule has 3 heterocycles. The Labute approximate surface area is 196 Å². The molecule has 1 aliphatic carbocycles. The number of pyridine rings is 1. The normalized spacial score (nSPS) is 22.9. The molecular formula is C25H37N5O3. The first-order chi connectivity index (χ1) is 16.0. The van der Waals surface area contributed by atoms with Gasteiger partial charge in [0, 0.05) is 42.3 Å². The van der Waals surface area contributed by atoms with Gasteiger partial charge in [0.25, 0.3) is 0 Å². The van der Waals surface area contributed by atoms with Crippen LogP contribution in [-0.4, -0.2) is 53.0 Å². The van der Waals surface area contributed by atoms with Crippen molar-refractivity contribution in [1.82, 2.24) is 14.5 Å². The van der Waals surface area contributed by atoms with Gasteiger partial charge in [0.2, 0.25) is 0 Å². The predicted octanol–water partition coefficient (Wildman–Crippen LogP) is 4.46. The monoisotopic (exact) mass is 455 g/mol. The molecule has 0 aromatic carbocycles. The van der Waals surface area contributed by atoms with E-state index in [-0.39, 0.29) is 12.6 Å². The molecule has 0 atom stereocenters. The van der Waals surface area contributed by atoms with Crippen molar-refractivity contribution in [2.24, 2.45) is 22.7 Å². The lowest BCUT2D eigenvalue weighted by Gasteiger charge is -2.42. The molecule has 8 heteroatoms. The third-order valence-electron chi connectivity index (χ3n) is 7.61. The zero-order valence-electron chi connectivity index (χ0n) is 20.1. The second-order valence-electron chi connectivity index (χ2n) is 9.71. The molecular weight excluding hydrogens is 418 g/mol. The Morgan fingerprint density at radius 1 is 1.21 bits per heavy atom. The van der Waals surface area contributed by atoms with Gasteiger partial charge in [-0.2, -0.15) is 0 Å². The Morgan fingerprint density at radius 2 is 1.94 bits per heavy atom. The van der Waals surface area contributed by atoms with Crippen molar-refractivity contribution in [3.05, 3.63) is 29.6 Å². The number of rotatable bonds is 7. The second kappa shape index (κ2) is 10.5. The minimum atomic E-state index is -0.791. The van der Waals surface area contributed by atoms with E-state index in [0.29, 0.717) is 6.04 Å². The van der Waals surface area contributed by atoms with Crippen LogP contribution in [0.1, 0.15) is 69.7 Å². The van der Waals surface area contributed by atoms with Crippen LogP contribution in [0.4, 0.5) is 4.79 Å². The number of nitrogens with zero attached hydrogens (tertiary/aromatic N) is 4. The first kappa shape index (κ1) is 23.5. The molecule has 0 radical (unpaired) electrons. The average Bonchev–Trinajstić information content (AvgIpc) is 3.14. The van der Waals surface area contributed by atoms with E-state index in [2.05, 4.69) is 33.5 Å². The first-order valence-electron chi connectivity index (χ1n) is 12.2. The Bertz CT molecular complexity index is 970. The SMILES string of the molecule is CON=Cc1c(COC(N)=O)n(C2CCN([C@H]3CC[C@@H](C(C)C)CC3)CC2)c2ncccc12. The number of oxime groups is 1. The molecule has 1 amide bonds. The molecule has 8 nitrogen and oxygen atoms in total. The number of ether oxygens (including phenoxy) is 1. The highest BCUT2D eigenvalue weighted by atomic mass is 16.6. The molecule has 0 spiro atoms. The van der Waals surface area contributed by atoms with Crippen LogP contribution in [-0.2, 0) is 16.2 Å². The maximum atomic E-state index is 11.4. The number of aromatic nitrogens is 2. The van der Waals surface area contributed by atoms with Crippen molar-refractivity contribution in [2.45, 2.75) is 71.1 Å². The fraction of sp³-hybridized carbons (Fsp3) is 0.640. The van der Waals surface area contributed by atoms with Crippen LogP contribution in [0.3, 0.4) is 0 Å². The van der Waals surface area contributed by atoms with Crippen LogP contribution in [0.5, 0.6) is 0 Å². The zero-order chi connectivity index (χ0) is 23.4. The Hall–Kier alpha value is -2.61. The average molecular weight is 456 g/mol. The summed E-state index contributed by atoms with van der Waals surface area (Å²) in [5, 5.41) is 4.95. The Balaban J connectivity index is 1.55. The topological polar surface area (TPSA) is 95.0 Å². The summed E-state index contributed by atoms with van der Waals surface area (Å²) in [6.07, 6.45) is 10.1. The minimum Gasteiger partial charge on any atom is -0.443 e. The van der Waals surface area contributed by atoms with Gasteiger partial charge in [0.05, 0.1) is 11.9 Å². The van der Waals surface area contributed by atoms with Gasteiger partial charge in [-0.1, -0.05) is 19.0 Å². The number of carbonyl (C=O) groups excluding carboxylic acids is 1. The predicted molar refractivity (Wildman–Crippen MR) is 129 cm³/mol. The van der Waals surface area contributed by atoms with Crippen LogP contribution in [0.15, 0.2) is 23.5 Å². The van der Waals surface area contributed by atoms with Gasteiger partial charge in [0.15, 0.2) is 0 Å². The van der Waals surface area contributed by atoms with Crippen LogP contribution >= 0.6 is 0 Å². The lowest BCUT2D eigenvalue weighted by molar-refractivity contribution is 0.0875. The van der Waals surface area contributed by atoms with Gasteiger partial charge < -0.3 is 24.8 Å². The van der Waals surface area contributed by atoms with E-state index in [4.69, 9.17) is 15.3 Å². The zero-order valence-corrected chi connectivity index (χ0v) is 20.1. The van der Waals surface area contributed by atoms with Crippen molar-refractivity contribution < 1.29 is 14.4 Å². The van der Waals surface area contributed by atoms with E-state index in [1.54, 1.807) is 12.4 Å². The number of amides is 1. The van der Waals surface area contributed by atoms with Crippen molar-refractivity contribution >= 4 is 23.3 Å². The molecule has 33 heavy (non-hydrogen) atoms. The maximum absolute atomic E-state index is 11.4. The van der Waals surface area contributed by atoms with Crippen LogP contribution < -0.4 is 5.73 Å². The highest BCUT2D eigenvalue weighted by Crippen LogP contribution is 2.36. The van der Waals surface area contributed by atoms with E-state index >= 15 is 0 Å². The number of hydrogen-bond acceptors (Lipinski definition) is 6. The standard InChI is InChI=1S/C25H37N5O3/c1-17(2)18-6-8-19(9-7-18)29-13-10-20(11-14-29)30-23(16-33-25(26)31)22(15-28-32-3)21-5-4-12-27-24(21)30/h4-5,12,15,17-20H,6-11,13-14,16H2,1-3H3,(H2,26,31)/t18-,19+. The number of piperidine rings is 1. The molecule has 1 aliphatic heterocycles. The highest BCUT2D eigenvalue weighted by Gasteiger charge is 2.32. The fourth-order valence-electron chi connectivity index (χ4n) is 5.78. The quantitative estimate of drug-likeness (QED) is 0.491. The summed E-state index contributed by atoms with van der Waals surface area (Å²) in [6, 6.07) is 4.92. The molecule has 2 aromatic rings. The number of carbonyl (C=O) groups is 1. The minimum absolute atomic E-state index is 0.0796. The Kier molecular flexibility index (Phi) is 7.53. The summed E-state index contributed by atoms with van der Waals surface area (Å²) in [7, 11) is 1.51. The third kappa shape index (κ3) is 5.16. The molecule has 2 aliphatic rings. The van der Waals surface area contributed by atoms with Crippen LogP contribution in [0.25, 0.3) is 11.0 Å². The van der Waals surface area contributed by atoms with Gasteiger partial charge in [-0.05, 0) is 62.5 Å². The number of fused-ring (bicyclic) bond motifs is 1. The number of primary amides is 1. The lowest BCUT2D eigenvalue weighted by Crippen LogP contribution is -2.44. The molecule has 4 rings (SSSR count). The van der Waals surface area contributed by atoms with Gasteiger partial charge in [-0.25, -0.2) is 9.78 Å². The van der Waals surface area contributed by atoms with Gasteiger partial charge in [0.1, 0.15) is 19.4 Å².